The predicted molar refractivity (Wildman–Crippen MR) is 96.1 cm³/mol. The fourth-order valence-corrected chi connectivity index (χ4v) is 2.56. The summed E-state index contributed by atoms with van der Waals surface area (Å²) in [6, 6.07) is 10.9. The van der Waals surface area contributed by atoms with Crippen LogP contribution in [0.3, 0.4) is 0 Å². The van der Waals surface area contributed by atoms with E-state index in [0.717, 1.165) is 5.56 Å². The molecule has 1 unspecified atom stereocenters. The van der Waals surface area contributed by atoms with Crippen molar-refractivity contribution in [3.63, 3.8) is 0 Å². The van der Waals surface area contributed by atoms with Gasteiger partial charge in [0.2, 0.25) is 5.91 Å². The highest BCUT2D eigenvalue weighted by Gasteiger charge is 2.16. The fourth-order valence-electron chi connectivity index (χ4n) is 2.56. The monoisotopic (exact) mass is 356 g/mol. The average Bonchev–Trinajstić information content (AvgIpc) is 2.60. The van der Waals surface area contributed by atoms with Gasteiger partial charge in [-0.2, -0.15) is 0 Å². The highest BCUT2D eigenvalue weighted by molar-refractivity contribution is 5.87. The molecule has 0 radical (unpaired) electrons. The van der Waals surface area contributed by atoms with Crippen LogP contribution >= 0.6 is 0 Å². The van der Waals surface area contributed by atoms with Gasteiger partial charge in [-0.15, -0.1) is 0 Å². The largest absolute Gasteiger partial charge is 0.478 e. The maximum atomic E-state index is 12.1. The molecule has 1 amide bonds. The first kappa shape index (κ1) is 19.1. The molecule has 0 heterocycles. The Hall–Kier alpha value is -3.22. The first-order valence-electron chi connectivity index (χ1n) is 8.14. The number of aromatic carboxylic acids is 1. The van der Waals surface area contributed by atoms with Crippen molar-refractivity contribution in [2.45, 2.75) is 32.7 Å². The van der Waals surface area contributed by atoms with E-state index in [2.05, 4.69) is 5.32 Å². The van der Waals surface area contributed by atoms with Crippen molar-refractivity contribution < 1.29 is 19.6 Å². The molecule has 0 aliphatic heterocycles. The quantitative estimate of drug-likeness (QED) is 0.583. The molecule has 0 bridgehead atoms. The van der Waals surface area contributed by atoms with E-state index in [0.29, 0.717) is 17.5 Å². The van der Waals surface area contributed by atoms with Crippen LogP contribution in [0.5, 0.6) is 0 Å². The number of nitro benzene ring substituents is 1. The van der Waals surface area contributed by atoms with Crippen LogP contribution in [-0.2, 0) is 11.2 Å². The molecule has 0 aromatic heterocycles. The highest BCUT2D eigenvalue weighted by atomic mass is 16.6. The number of amides is 1. The van der Waals surface area contributed by atoms with E-state index < -0.39 is 10.9 Å². The molecule has 26 heavy (non-hydrogen) atoms. The molecule has 2 rings (SSSR count). The lowest BCUT2D eigenvalue weighted by molar-refractivity contribution is -0.385. The zero-order valence-electron chi connectivity index (χ0n) is 14.6. The lowest BCUT2D eigenvalue weighted by Crippen LogP contribution is -2.26. The number of carbonyl (C=O) groups excluding carboxylic acids is 1. The zero-order chi connectivity index (χ0) is 19.3. The molecule has 136 valence electrons. The van der Waals surface area contributed by atoms with Crippen molar-refractivity contribution in [3.05, 3.63) is 74.8 Å². The van der Waals surface area contributed by atoms with Gasteiger partial charge in [-0.1, -0.05) is 24.3 Å². The number of benzene rings is 2. The molecule has 0 aliphatic rings. The Bertz CT molecular complexity index is 830. The van der Waals surface area contributed by atoms with Crippen molar-refractivity contribution in [3.8, 4) is 0 Å². The highest BCUT2D eigenvalue weighted by Crippen LogP contribution is 2.23. The maximum Gasteiger partial charge on any atom is 0.335 e. The van der Waals surface area contributed by atoms with Crippen LogP contribution in [0, 0.1) is 17.0 Å². The molecule has 7 nitrogen and oxygen atoms in total. The zero-order valence-corrected chi connectivity index (χ0v) is 14.6. The number of nitrogens with one attached hydrogen (secondary N) is 1. The maximum absolute atomic E-state index is 12.1. The molecule has 2 N–H and O–H groups in total. The van der Waals surface area contributed by atoms with E-state index >= 15 is 0 Å². The Kier molecular flexibility index (Phi) is 6.06. The predicted octanol–water partition coefficient (Wildman–Crippen LogP) is 3.41. The van der Waals surface area contributed by atoms with Crippen LogP contribution in [0.2, 0.25) is 0 Å². The SMILES string of the molecule is Cc1ccc(C(C)NC(=O)CCc2ccc(C(=O)O)cc2)cc1[N+](=O)[O-]. The van der Waals surface area contributed by atoms with Gasteiger partial charge >= 0.3 is 5.97 Å². The van der Waals surface area contributed by atoms with Crippen molar-refractivity contribution in [1.82, 2.24) is 5.32 Å². The summed E-state index contributed by atoms with van der Waals surface area (Å²) in [7, 11) is 0. The molecule has 0 saturated carbocycles. The van der Waals surface area contributed by atoms with Gasteiger partial charge in [-0.05, 0) is 43.5 Å². The Morgan fingerprint density at radius 2 is 1.85 bits per heavy atom. The number of hydrogen-bond donors (Lipinski definition) is 2. The molecule has 0 aliphatic carbocycles. The van der Waals surface area contributed by atoms with Crippen LogP contribution in [0.15, 0.2) is 42.5 Å². The van der Waals surface area contributed by atoms with E-state index in [-0.39, 0.29) is 29.6 Å². The smallest absolute Gasteiger partial charge is 0.335 e. The molecule has 2 aromatic carbocycles. The average molecular weight is 356 g/mol. The van der Waals surface area contributed by atoms with Crippen molar-refractivity contribution in [2.75, 3.05) is 0 Å². The summed E-state index contributed by atoms with van der Waals surface area (Å²) in [6.07, 6.45) is 0.719. The van der Waals surface area contributed by atoms with E-state index in [1.54, 1.807) is 38.1 Å². The molecule has 0 fully saturated rings. The third-order valence-corrected chi connectivity index (χ3v) is 4.15. The number of carbonyl (C=O) groups is 2. The second kappa shape index (κ2) is 8.24. The summed E-state index contributed by atoms with van der Waals surface area (Å²) in [4.78, 5) is 33.5. The molecule has 2 aromatic rings. The van der Waals surface area contributed by atoms with Crippen LogP contribution < -0.4 is 5.32 Å². The number of hydrogen-bond acceptors (Lipinski definition) is 4. The van der Waals surface area contributed by atoms with Gasteiger partial charge in [0.15, 0.2) is 0 Å². The van der Waals surface area contributed by atoms with Crippen LogP contribution in [-0.4, -0.2) is 21.9 Å². The summed E-state index contributed by atoms with van der Waals surface area (Å²) in [5, 5.41) is 22.7. The number of carboxylic acid groups (broad SMARTS) is 1. The molecule has 0 saturated heterocycles. The summed E-state index contributed by atoms with van der Waals surface area (Å²) in [5.41, 5.74) is 2.34. The van der Waals surface area contributed by atoms with E-state index in [1.807, 2.05) is 0 Å². The minimum atomic E-state index is -0.990. The molecular weight excluding hydrogens is 336 g/mol. The first-order chi connectivity index (χ1) is 12.3. The van der Waals surface area contributed by atoms with Gasteiger partial charge in [0, 0.05) is 18.1 Å². The summed E-state index contributed by atoms with van der Waals surface area (Å²) in [5.74, 6) is -1.17. The Labute approximate surface area is 150 Å². The second-order valence-corrected chi connectivity index (χ2v) is 6.09. The third-order valence-electron chi connectivity index (χ3n) is 4.15. The lowest BCUT2D eigenvalue weighted by atomic mass is 10.0. The Morgan fingerprint density at radius 1 is 1.19 bits per heavy atom. The van der Waals surface area contributed by atoms with E-state index in [4.69, 9.17) is 5.11 Å². The number of nitro groups is 1. The van der Waals surface area contributed by atoms with Crippen LogP contribution in [0.25, 0.3) is 0 Å². The Morgan fingerprint density at radius 3 is 2.42 bits per heavy atom. The molecule has 1 atom stereocenters. The Balaban J connectivity index is 1.94. The number of nitrogens with zero attached hydrogens (tertiary/aromatic N) is 1. The lowest BCUT2D eigenvalue weighted by Gasteiger charge is -2.15. The minimum Gasteiger partial charge on any atom is -0.478 e. The number of aryl methyl sites for hydroxylation is 2. The van der Waals surface area contributed by atoms with Gasteiger partial charge < -0.3 is 10.4 Å². The van der Waals surface area contributed by atoms with Crippen molar-refractivity contribution in [1.29, 1.82) is 0 Å². The van der Waals surface area contributed by atoms with Gasteiger partial charge in [0.05, 0.1) is 16.5 Å². The normalized spacial score (nSPS) is 11.6. The van der Waals surface area contributed by atoms with Gasteiger partial charge in [-0.25, -0.2) is 4.79 Å². The van der Waals surface area contributed by atoms with Crippen molar-refractivity contribution in [2.24, 2.45) is 0 Å². The number of rotatable bonds is 7. The van der Waals surface area contributed by atoms with Crippen LogP contribution in [0.1, 0.15) is 46.4 Å². The molecular formula is C19H20N2O5. The van der Waals surface area contributed by atoms with Gasteiger partial charge in [-0.3, -0.25) is 14.9 Å². The minimum absolute atomic E-state index is 0.0297. The fraction of sp³-hybridized carbons (Fsp3) is 0.263. The summed E-state index contributed by atoms with van der Waals surface area (Å²) in [6.45, 7) is 3.44. The second-order valence-electron chi connectivity index (χ2n) is 6.09. The van der Waals surface area contributed by atoms with Gasteiger partial charge in [0.1, 0.15) is 0 Å². The third kappa shape index (κ3) is 4.89. The standard InChI is InChI=1S/C19H20N2O5/c1-12-3-7-16(11-17(12)21(25)26)13(2)20-18(22)10-6-14-4-8-15(9-5-14)19(23)24/h3-5,7-9,11,13H,6,10H2,1-2H3,(H,20,22)(H,23,24). The molecule has 0 spiro atoms. The van der Waals surface area contributed by atoms with Crippen LogP contribution in [0.4, 0.5) is 5.69 Å². The van der Waals surface area contributed by atoms with E-state index in [9.17, 15) is 19.7 Å². The topological polar surface area (TPSA) is 110 Å². The summed E-state index contributed by atoms with van der Waals surface area (Å²) < 4.78 is 0. The number of carboxylic acids is 1. The van der Waals surface area contributed by atoms with E-state index in [1.165, 1.54) is 18.2 Å². The van der Waals surface area contributed by atoms with Crippen molar-refractivity contribution >= 4 is 17.6 Å². The molecule has 7 heteroatoms. The first-order valence-corrected chi connectivity index (χ1v) is 8.14. The van der Waals surface area contributed by atoms with Gasteiger partial charge in [0.25, 0.3) is 5.69 Å². The summed E-state index contributed by atoms with van der Waals surface area (Å²) >= 11 is 0.